The van der Waals surface area contributed by atoms with Gasteiger partial charge in [0.25, 0.3) is 5.69 Å². The molecule has 7 nitrogen and oxygen atoms in total. The van der Waals surface area contributed by atoms with Gasteiger partial charge in [-0.25, -0.2) is 0 Å². The predicted molar refractivity (Wildman–Crippen MR) is 95.6 cm³/mol. The summed E-state index contributed by atoms with van der Waals surface area (Å²) < 4.78 is 1.83. The SMILES string of the molecule is Cn1cc(CC2CCN(c3ccc([N+](=O)[O-])c4cnccc34)C2)cn1. The summed E-state index contributed by atoms with van der Waals surface area (Å²) in [4.78, 5) is 17.3. The molecule has 0 amide bonds. The van der Waals surface area contributed by atoms with Gasteiger partial charge in [0.1, 0.15) is 0 Å². The van der Waals surface area contributed by atoms with Crippen molar-refractivity contribution in [1.29, 1.82) is 0 Å². The summed E-state index contributed by atoms with van der Waals surface area (Å²) >= 11 is 0. The Balaban J connectivity index is 1.60. The van der Waals surface area contributed by atoms with E-state index in [4.69, 9.17) is 0 Å². The van der Waals surface area contributed by atoms with E-state index in [-0.39, 0.29) is 10.6 Å². The van der Waals surface area contributed by atoms with E-state index in [1.54, 1.807) is 18.5 Å². The molecule has 3 heterocycles. The Kier molecular flexibility index (Phi) is 3.83. The van der Waals surface area contributed by atoms with Crippen molar-refractivity contribution in [2.24, 2.45) is 13.0 Å². The van der Waals surface area contributed by atoms with Crippen molar-refractivity contribution < 1.29 is 4.92 Å². The van der Waals surface area contributed by atoms with Gasteiger partial charge in [-0.1, -0.05) is 0 Å². The number of benzene rings is 1. The summed E-state index contributed by atoms with van der Waals surface area (Å²) in [5, 5.41) is 17.0. The summed E-state index contributed by atoms with van der Waals surface area (Å²) in [7, 11) is 1.93. The number of nitro benzene ring substituents is 1. The first-order valence-electron chi connectivity index (χ1n) is 8.35. The maximum absolute atomic E-state index is 11.3. The summed E-state index contributed by atoms with van der Waals surface area (Å²) in [6.07, 6.45) is 9.39. The molecule has 0 radical (unpaired) electrons. The molecular formula is C18H19N5O2. The van der Waals surface area contributed by atoms with Crippen molar-refractivity contribution in [1.82, 2.24) is 14.8 Å². The average molecular weight is 337 g/mol. The molecule has 1 saturated heterocycles. The second-order valence-electron chi connectivity index (χ2n) is 6.61. The number of fused-ring (bicyclic) bond motifs is 1. The molecule has 1 aromatic carbocycles. The Labute approximate surface area is 145 Å². The lowest BCUT2D eigenvalue weighted by atomic mass is 10.0. The number of anilines is 1. The highest BCUT2D eigenvalue weighted by molar-refractivity contribution is 5.99. The van der Waals surface area contributed by atoms with Crippen molar-refractivity contribution in [3.63, 3.8) is 0 Å². The second-order valence-corrected chi connectivity index (χ2v) is 6.61. The maximum Gasteiger partial charge on any atom is 0.278 e. The molecule has 0 aliphatic carbocycles. The van der Waals surface area contributed by atoms with Gasteiger partial charge in [-0.15, -0.1) is 0 Å². The molecule has 2 aromatic heterocycles. The Morgan fingerprint density at radius 1 is 1.28 bits per heavy atom. The highest BCUT2D eigenvalue weighted by Crippen LogP contribution is 2.35. The standard InChI is InChI=1S/C18H19N5O2/c1-21-11-14(9-20-21)8-13-5-7-22(12-13)17-2-3-18(23(24)25)16-10-19-6-4-15(16)17/h2-4,6,9-11,13H,5,7-8,12H2,1H3. The summed E-state index contributed by atoms with van der Waals surface area (Å²) in [5.41, 5.74) is 2.42. The number of aryl methyl sites for hydroxylation is 1. The fraction of sp³-hybridized carbons (Fsp3) is 0.333. The van der Waals surface area contributed by atoms with E-state index < -0.39 is 0 Å². The second kappa shape index (κ2) is 6.16. The van der Waals surface area contributed by atoms with Gasteiger partial charge >= 0.3 is 0 Å². The normalized spacial score (nSPS) is 17.3. The van der Waals surface area contributed by atoms with Crippen LogP contribution in [0.5, 0.6) is 0 Å². The Morgan fingerprint density at radius 3 is 2.92 bits per heavy atom. The third-order valence-electron chi connectivity index (χ3n) is 4.88. The van der Waals surface area contributed by atoms with Crippen LogP contribution in [0.4, 0.5) is 11.4 Å². The van der Waals surface area contributed by atoms with Gasteiger partial charge in [0, 0.05) is 55.9 Å². The van der Waals surface area contributed by atoms with Crippen LogP contribution >= 0.6 is 0 Å². The van der Waals surface area contributed by atoms with Crippen LogP contribution < -0.4 is 4.90 Å². The number of aromatic nitrogens is 3. The molecule has 1 aliphatic heterocycles. The number of nitro groups is 1. The van der Waals surface area contributed by atoms with E-state index >= 15 is 0 Å². The van der Waals surface area contributed by atoms with Crippen LogP contribution in [0.3, 0.4) is 0 Å². The topological polar surface area (TPSA) is 77.1 Å². The van der Waals surface area contributed by atoms with Crippen molar-refractivity contribution >= 4 is 22.1 Å². The molecule has 0 N–H and O–H groups in total. The van der Waals surface area contributed by atoms with Gasteiger partial charge in [-0.2, -0.15) is 5.10 Å². The van der Waals surface area contributed by atoms with Crippen molar-refractivity contribution in [2.75, 3.05) is 18.0 Å². The van der Waals surface area contributed by atoms with Gasteiger partial charge < -0.3 is 4.90 Å². The Morgan fingerprint density at radius 2 is 2.16 bits per heavy atom. The molecule has 1 unspecified atom stereocenters. The van der Waals surface area contributed by atoms with Crippen LogP contribution in [0, 0.1) is 16.0 Å². The number of rotatable bonds is 4. The molecule has 0 spiro atoms. The molecule has 0 bridgehead atoms. The lowest BCUT2D eigenvalue weighted by Crippen LogP contribution is -2.20. The fourth-order valence-corrected chi connectivity index (χ4v) is 3.72. The number of hydrogen-bond acceptors (Lipinski definition) is 5. The lowest BCUT2D eigenvalue weighted by molar-refractivity contribution is -0.383. The monoisotopic (exact) mass is 337 g/mol. The third-order valence-corrected chi connectivity index (χ3v) is 4.88. The van der Waals surface area contributed by atoms with Crippen LogP contribution in [0.25, 0.3) is 10.8 Å². The molecule has 1 aliphatic rings. The zero-order chi connectivity index (χ0) is 17.4. The zero-order valence-corrected chi connectivity index (χ0v) is 14.0. The molecule has 1 atom stereocenters. The van der Waals surface area contributed by atoms with E-state index in [2.05, 4.69) is 21.2 Å². The Bertz CT molecular complexity index is 936. The van der Waals surface area contributed by atoms with Crippen molar-refractivity contribution in [3.05, 3.63) is 58.7 Å². The lowest BCUT2D eigenvalue weighted by Gasteiger charge is -2.20. The third kappa shape index (κ3) is 2.93. The highest BCUT2D eigenvalue weighted by atomic mass is 16.6. The van der Waals surface area contributed by atoms with Crippen molar-refractivity contribution in [3.8, 4) is 0 Å². The van der Waals surface area contributed by atoms with E-state index in [0.29, 0.717) is 11.3 Å². The first-order valence-corrected chi connectivity index (χ1v) is 8.35. The summed E-state index contributed by atoms with van der Waals surface area (Å²) in [5.74, 6) is 0.566. The molecule has 1 fully saturated rings. The summed E-state index contributed by atoms with van der Waals surface area (Å²) in [6, 6.07) is 5.33. The molecule has 128 valence electrons. The quantitative estimate of drug-likeness (QED) is 0.540. The molecule has 0 saturated carbocycles. The molecule has 3 aromatic rings. The average Bonchev–Trinajstić information content (AvgIpc) is 3.23. The minimum atomic E-state index is -0.344. The van der Waals surface area contributed by atoms with Gasteiger partial charge in [0.2, 0.25) is 0 Å². The van der Waals surface area contributed by atoms with E-state index in [1.807, 2.05) is 30.1 Å². The summed E-state index contributed by atoms with van der Waals surface area (Å²) in [6.45, 7) is 1.91. The van der Waals surface area contributed by atoms with Crippen LogP contribution in [-0.2, 0) is 13.5 Å². The minimum absolute atomic E-state index is 0.109. The molecule has 4 rings (SSSR count). The fourth-order valence-electron chi connectivity index (χ4n) is 3.72. The number of non-ortho nitro benzene ring substituents is 1. The van der Waals surface area contributed by atoms with Gasteiger partial charge in [0.15, 0.2) is 0 Å². The first kappa shape index (κ1) is 15.6. The largest absolute Gasteiger partial charge is 0.371 e. The van der Waals surface area contributed by atoms with E-state index in [1.165, 1.54) is 5.56 Å². The van der Waals surface area contributed by atoms with Gasteiger partial charge in [-0.05, 0) is 36.5 Å². The number of pyridine rings is 1. The first-order chi connectivity index (χ1) is 12.1. The van der Waals surface area contributed by atoms with Crippen LogP contribution in [0.1, 0.15) is 12.0 Å². The zero-order valence-electron chi connectivity index (χ0n) is 14.0. The van der Waals surface area contributed by atoms with E-state index in [0.717, 1.165) is 37.0 Å². The van der Waals surface area contributed by atoms with Crippen LogP contribution in [0.15, 0.2) is 43.0 Å². The van der Waals surface area contributed by atoms with Crippen LogP contribution in [0.2, 0.25) is 0 Å². The molecule has 7 heteroatoms. The van der Waals surface area contributed by atoms with Gasteiger partial charge in [-0.3, -0.25) is 19.8 Å². The predicted octanol–water partition coefficient (Wildman–Crippen LogP) is 2.95. The molecule has 25 heavy (non-hydrogen) atoms. The highest BCUT2D eigenvalue weighted by Gasteiger charge is 2.26. The van der Waals surface area contributed by atoms with Gasteiger partial charge in [0.05, 0.1) is 16.5 Å². The van der Waals surface area contributed by atoms with E-state index in [9.17, 15) is 10.1 Å². The smallest absolute Gasteiger partial charge is 0.278 e. The van der Waals surface area contributed by atoms with Crippen molar-refractivity contribution in [2.45, 2.75) is 12.8 Å². The minimum Gasteiger partial charge on any atom is -0.371 e. The Hall–Kier alpha value is -2.96. The number of nitrogens with zero attached hydrogens (tertiary/aromatic N) is 5. The maximum atomic E-state index is 11.3. The molecular weight excluding hydrogens is 318 g/mol. The number of hydrogen-bond donors (Lipinski definition) is 0. The van der Waals surface area contributed by atoms with Crippen LogP contribution in [-0.4, -0.2) is 32.8 Å².